The van der Waals surface area contributed by atoms with E-state index in [0.29, 0.717) is 39.4 Å². The summed E-state index contributed by atoms with van der Waals surface area (Å²) in [4.78, 5) is 26.0. The average Bonchev–Trinajstić information content (AvgIpc) is 2.88. The van der Waals surface area contributed by atoms with Gasteiger partial charge in [0.15, 0.2) is 11.5 Å². The number of benzene rings is 2. The van der Waals surface area contributed by atoms with Crippen molar-refractivity contribution in [1.82, 2.24) is 5.32 Å². The van der Waals surface area contributed by atoms with E-state index in [1.165, 1.54) is 13.2 Å². The van der Waals surface area contributed by atoms with Gasteiger partial charge in [-0.2, -0.15) is 0 Å². The molecule has 140 valence electrons. The minimum absolute atomic E-state index is 0.114. The van der Waals surface area contributed by atoms with Crippen molar-refractivity contribution in [1.29, 1.82) is 0 Å². The van der Waals surface area contributed by atoms with Gasteiger partial charge in [0.25, 0.3) is 5.91 Å². The number of anilines is 1. The van der Waals surface area contributed by atoms with E-state index in [1.54, 1.807) is 36.4 Å². The van der Waals surface area contributed by atoms with E-state index in [2.05, 4.69) is 5.32 Å². The van der Waals surface area contributed by atoms with E-state index < -0.39 is 11.9 Å². The van der Waals surface area contributed by atoms with Gasteiger partial charge in [0, 0.05) is 5.02 Å². The van der Waals surface area contributed by atoms with Gasteiger partial charge >= 0.3 is 6.03 Å². The molecule has 0 saturated carbocycles. The number of methoxy groups -OCH3 is 1. The van der Waals surface area contributed by atoms with Gasteiger partial charge in [0.05, 0.1) is 24.4 Å². The Hall–Kier alpha value is -2.70. The molecule has 1 aliphatic rings. The third kappa shape index (κ3) is 3.86. The molecule has 0 spiro atoms. The number of imide groups is 1. The van der Waals surface area contributed by atoms with Gasteiger partial charge in [0.1, 0.15) is 5.70 Å². The van der Waals surface area contributed by atoms with Crippen LogP contribution >= 0.6 is 23.2 Å². The summed E-state index contributed by atoms with van der Waals surface area (Å²) in [5, 5.41) is 3.32. The Morgan fingerprint density at radius 3 is 2.63 bits per heavy atom. The fraction of sp³-hybridized carbons (Fsp3) is 0.158. The summed E-state index contributed by atoms with van der Waals surface area (Å²) in [5.41, 5.74) is 1.08. The lowest BCUT2D eigenvalue weighted by Gasteiger charge is -2.12. The highest BCUT2D eigenvalue weighted by molar-refractivity contribution is 6.33. The zero-order chi connectivity index (χ0) is 19.6. The number of amides is 3. The maximum atomic E-state index is 12.7. The number of urea groups is 1. The van der Waals surface area contributed by atoms with Crippen LogP contribution < -0.4 is 19.7 Å². The van der Waals surface area contributed by atoms with E-state index in [0.717, 1.165) is 4.90 Å². The van der Waals surface area contributed by atoms with Crippen molar-refractivity contribution in [2.24, 2.45) is 0 Å². The number of hydrogen-bond donors (Lipinski definition) is 1. The number of nitrogens with zero attached hydrogens (tertiary/aromatic N) is 1. The van der Waals surface area contributed by atoms with Crippen LogP contribution in [0.3, 0.4) is 0 Å². The Morgan fingerprint density at radius 1 is 1.19 bits per heavy atom. The molecule has 0 aromatic heterocycles. The molecule has 8 heteroatoms. The van der Waals surface area contributed by atoms with Crippen LogP contribution in [0.2, 0.25) is 10.0 Å². The molecule has 2 aromatic rings. The molecule has 1 aliphatic heterocycles. The van der Waals surface area contributed by atoms with Crippen molar-refractivity contribution in [3.05, 3.63) is 57.7 Å². The van der Waals surface area contributed by atoms with Gasteiger partial charge in [-0.1, -0.05) is 29.3 Å². The molecule has 0 atom stereocenters. The summed E-state index contributed by atoms with van der Waals surface area (Å²) in [6.07, 6.45) is 1.53. The minimum Gasteiger partial charge on any atom is -0.491 e. The Bertz CT molecular complexity index is 943. The molecule has 3 amide bonds. The molecule has 1 fully saturated rings. The summed E-state index contributed by atoms with van der Waals surface area (Å²) in [6, 6.07) is 9.24. The second-order valence-corrected chi connectivity index (χ2v) is 6.42. The molecule has 3 rings (SSSR count). The molecule has 1 saturated heterocycles. The number of ether oxygens (including phenoxy) is 2. The summed E-state index contributed by atoms with van der Waals surface area (Å²) >= 11 is 12.2. The number of halogens is 2. The Morgan fingerprint density at radius 2 is 1.96 bits per heavy atom. The number of rotatable bonds is 5. The first-order valence-electron chi connectivity index (χ1n) is 8.07. The Kier molecular flexibility index (Phi) is 5.58. The van der Waals surface area contributed by atoms with Gasteiger partial charge in [-0.05, 0) is 48.9 Å². The predicted molar refractivity (Wildman–Crippen MR) is 105 cm³/mol. The van der Waals surface area contributed by atoms with Crippen LogP contribution in [-0.2, 0) is 4.79 Å². The normalized spacial score (nSPS) is 15.3. The van der Waals surface area contributed by atoms with Crippen molar-refractivity contribution in [2.75, 3.05) is 18.6 Å². The van der Waals surface area contributed by atoms with Crippen molar-refractivity contribution >= 4 is 46.9 Å². The number of carbonyl (C=O) groups is 2. The quantitative estimate of drug-likeness (QED) is 0.586. The van der Waals surface area contributed by atoms with Crippen LogP contribution in [-0.4, -0.2) is 25.7 Å². The third-order valence-corrected chi connectivity index (χ3v) is 4.31. The van der Waals surface area contributed by atoms with Crippen LogP contribution in [0.4, 0.5) is 10.5 Å². The second-order valence-electron chi connectivity index (χ2n) is 5.58. The standard InChI is InChI=1S/C19H16Cl2N2O4/c1-3-27-16-9-11(7-14(21)17(16)26-2)8-15-18(24)23(19(25)22-15)13-6-4-5-12(20)10-13/h4-10H,3H2,1-2H3,(H,22,25)/b15-8+. The SMILES string of the molecule is CCOc1cc(/C=C2/NC(=O)N(c3cccc(Cl)c3)C2=O)cc(Cl)c1OC. The first-order valence-corrected chi connectivity index (χ1v) is 8.83. The van der Waals surface area contributed by atoms with Crippen LogP contribution in [0.1, 0.15) is 12.5 Å². The lowest BCUT2D eigenvalue weighted by atomic mass is 10.1. The summed E-state index contributed by atoms with van der Waals surface area (Å²) in [6.45, 7) is 2.26. The largest absolute Gasteiger partial charge is 0.491 e. The monoisotopic (exact) mass is 406 g/mol. The summed E-state index contributed by atoms with van der Waals surface area (Å²) in [5.74, 6) is 0.359. The van der Waals surface area contributed by atoms with Crippen molar-refractivity contribution in [2.45, 2.75) is 6.92 Å². The van der Waals surface area contributed by atoms with Crippen LogP contribution in [0.15, 0.2) is 42.1 Å². The molecule has 6 nitrogen and oxygen atoms in total. The van der Waals surface area contributed by atoms with Gasteiger partial charge in [-0.25, -0.2) is 9.69 Å². The summed E-state index contributed by atoms with van der Waals surface area (Å²) < 4.78 is 10.8. The highest BCUT2D eigenvalue weighted by Crippen LogP contribution is 2.37. The predicted octanol–water partition coefficient (Wildman–Crippen LogP) is 4.50. The Balaban J connectivity index is 1.96. The lowest BCUT2D eigenvalue weighted by molar-refractivity contribution is -0.113. The van der Waals surface area contributed by atoms with Gasteiger partial charge < -0.3 is 14.8 Å². The number of carbonyl (C=O) groups excluding carboxylic acids is 2. The summed E-state index contributed by atoms with van der Waals surface area (Å²) in [7, 11) is 1.49. The van der Waals surface area contributed by atoms with Crippen molar-refractivity contribution in [3.63, 3.8) is 0 Å². The van der Waals surface area contributed by atoms with Gasteiger partial charge in [-0.15, -0.1) is 0 Å². The molecular formula is C19H16Cl2N2O4. The average molecular weight is 407 g/mol. The van der Waals surface area contributed by atoms with E-state index in [1.807, 2.05) is 6.92 Å². The lowest BCUT2D eigenvalue weighted by Crippen LogP contribution is -2.30. The smallest absolute Gasteiger partial charge is 0.333 e. The van der Waals surface area contributed by atoms with E-state index >= 15 is 0 Å². The highest BCUT2D eigenvalue weighted by Gasteiger charge is 2.35. The first kappa shape index (κ1) is 19.1. The van der Waals surface area contributed by atoms with Crippen LogP contribution in [0.5, 0.6) is 11.5 Å². The molecule has 27 heavy (non-hydrogen) atoms. The highest BCUT2D eigenvalue weighted by atomic mass is 35.5. The van der Waals surface area contributed by atoms with E-state index in [-0.39, 0.29) is 5.70 Å². The Labute approximate surface area is 166 Å². The van der Waals surface area contributed by atoms with E-state index in [9.17, 15) is 9.59 Å². The fourth-order valence-corrected chi connectivity index (χ4v) is 3.16. The molecule has 0 unspecified atom stereocenters. The van der Waals surface area contributed by atoms with Crippen LogP contribution in [0, 0.1) is 0 Å². The zero-order valence-electron chi connectivity index (χ0n) is 14.6. The molecule has 1 heterocycles. The van der Waals surface area contributed by atoms with E-state index in [4.69, 9.17) is 32.7 Å². The van der Waals surface area contributed by atoms with Gasteiger partial charge in [0.2, 0.25) is 0 Å². The van der Waals surface area contributed by atoms with Crippen LogP contribution in [0.25, 0.3) is 6.08 Å². The molecule has 0 radical (unpaired) electrons. The maximum absolute atomic E-state index is 12.7. The topological polar surface area (TPSA) is 67.9 Å². The molecule has 2 aromatic carbocycles. The molecular weight excluding hydrogens is 391 g/mol. The molecule has 0 aliphatic carbocycles. The van der Waals surface area contributed by atoms with Gasteiger partial charge in [-0.3, -0.25) is 4.79 Å². The number of nitrogens with one attached hydrogen (secondary N) is 1. The second kappa shape index (κ2) is 7.90. The zero-order valence-corrected chi connectivity index (χ0v) is 16.1. The first-order chi connectivity index (χ1) is 12.9. The maximum Gasteiger partial charge on any atom is 0.333 e. The van der Waals surface area contributed by atoms with Crippen molar-refractivity contribution < 1.29 is 19.1 Å². The minimum atomic E-state index is -0.557. The third-order valence-electron chi connectivity index (χ3n) is 3.79. The number of hydrogen-bond acceptors (Lipinski definition) is 4. The molecule has 1 N–H and O–H groups in total. The molecule has 0 bridgehead atoms. The fourth-order valence-electron chi connectivity index (χ4n) is 2.68. The van der Waals surface area contributed by atoms with Crippen molar-refractivity contribution in [3.8, 4) is 11.5 Å².